The molecule has 1 amide bonds. The summed E-state index contributed by atoms with van der Waals surface area (Å²) in [6.07, 6.45) is 9.57. The summed E-state index contributed by atoms with van der Waals surface area (Å²) in [5, 5.41) is 10.1. The molecule has 2 atom stereocenters. The Labute approximate surface area is 162 Å². The van der Waals surface area contributed by atoms with E-state index in [1.165, 1.54) is 7.11 Å². The van der Waals surface area contributed by atoms with Crippen molar-refractivity contribution in [2.24, 2.45) is 0 Å². The van der Waals surface area contributed by atoms with E-state index in [9.17, 15) is 14.7 Å². The van der Waals surface area contributed by atoms with E-state index in [1.807, 2.05) is 29.2 Å². The number of carbonyl (C=O) groups is 2. The fourth-order valence-corrected chi connectivity index (χ4v) is 3.38. The highest BCUT2D eigenvalue weighted by Crippen LogP contribution is 2.21. The van der Waals surface area contributed by atoms with Crippen LogP contribution in [-0.2, 0) is 16.0 Å². The van der Waals surface area contributed by atoms with Crippen molar-refractivity contribution in [3.05, 3.63) is 47.5 Å². The minimum Gasteiger partial charge on any atom is -0.465 e. The summed E-state index contributed by atoms with van der Waals surface area (Å²) in [6, 6.07) is 7.35. The summed E-state index contributed by atoms with van der Waals surface area (Å²) >= 11 is 0. The molecule has 0 bridgehead atoms. The number of methoxy groups -OCH3 is 1. The molecular formula is C22H31NO4. The number of carbonyl (C=O) groups excluding carboxylic acids is 2. The lowest BCUT2D eigenvalue weighted by molar-refractivity contribution is -0.128. The summed E-state index contributed by atoms with van der Waals surface area (Å²) in [7, 11) is 1.36. The van der Waals surface area contributed by atoms with E-state index in [0.29, 0.717) is 18.5 Å². The minimum atomic E-state index is -0.431. The van der Waals surface area contributed by atoms with Crippen LogP contribution < -0.4 is 0 Å². The van der Waals surface area contributed by atoms with E-state index in [2.05, 4.69) is 6.92 Å². The zero-order valence-electron chi connectivity index (χ0n) is 16.4. The van der Waals surface area contributed by atoms with Crippen LogP contribution in [0.15, 0.2) is 36.4 Å². The average Bonchev–Trinajstić information content (AvgIpc) is 3.04. The maximum absolute atomic E-state index is 12.2. The number of nitrogens with zero attached hydrogens (tertiary/aromatic N) is 1. The molecule has 1 unspecified atom stereocenters. The van der Waals surface area contributed by atoms with Gasteiger partial charge in [-0.3, -0.25) is 4.79 Å². The van der Waals surface area contributed by atoms with E-state index < -0.39 is 6.10 Å². The third-order valence-corrected chi connectivity index (χ3v) is 5.05. The Morgan fingerprint density at radius 2 is 2.07 bits per heavy atom. The molecular weight excluding hydrogens is 342 g/mol. The lowest BCUT2D eigenvalue weighted by Crippen LogP contribution is -2.33. The van der Waals surface area contributed by atoms with Gasteiger partial charge in [0.05, 0.1) is 24.8 Å². The highest BCUT2D eigenvalue weighted by atomic mass is 16.5. The molecule has 27 heavy (non-hydrogen) atoms. The second-order valence-electron chi connectivity index (χ2n) is 7.08. The first kappa shape index (κ1) is 21.2. The van der Waals surface area contributed by atoms with E-state index >= 15 is 0 Å². The topological polar surface area (TPSA) is 66.8 Å². The maximum atomic E-state index is 12.2. The summed E-state index contributed by atoms with van der Waals surface area (Å²) in [5.41, 5.74) is 1.60. The molecule has 0 aliphatic carbocycles. The molecule has 2 rings (SSSR count). The van der Waals surface area contributed by atoms with Crippen molar-refractivity contribution in [2.75, 3.05) is 13.7 Å². The van der Waals surface area contributed by atoms with E-state index in [4.69, 9.17) is 4.74 Å². The largest absolute Gasteiger partial charge is 0.465 e. The molecule has 1 aliphatic heterocycles. The van der Waals surface area contributed by atoms with Crippen LogP contribution in [-0.4, -0.2) is 47.7 Å². The van der Waals surface area contributed by atoms with Crippen LogP contribution in [0.5, 0.6) is 0 Å². The number of hydrogen-bond acceptors (Lipinski definition) is 4. The molecule has 5 nitrogen and oxygen atoms in total. The van der Waals surface area contributed by atoms with Gasteiger partial charge in [-0.05, 0) is 37.0 Å². The summed E-state index contributed by atoms with van der Waals surface area (Å²) in [6.45, 7) is 2.78. The Balaban J connectivity index is 1.87. The number of rotatable bonds is 10. The number of amides is 1. The Morgan fingerprint density at radius 3 is 2.74 bits per heavy atom. The SMILES string of the molecule is CCCCCC(O)/C=C/[C@H]1CCC(=O)N1CCc1ccc(C(=O)OC)cc1. The fourth-order valence-electron chi connectivity index (χ4n) is 3.38. The van der Waals surface area contributed by atoms with Crippen LogP contribution in [0.1, 0.15) is 61.4 Å². The molecule has 1 aromatic rings. The van der Waals surface area contributed by atoms with Gasteiger partial charge in [0.15, 0.2) is 0 Å². The van der Waals surface area contributed by atoms with Crippen molar-refractivity contribution in [2.45, 2.75) is 64.0 Å². The number of ether oxygens (including phenoxy) is 1. The molecule has 1 saturated heterocycles. The third kappa shape index (κ3) is 6.51. The van der Waals surface area contributed by atoms with Gasteiger partial charge < -0.3 is 14.7 Å². The molecule has 1 heterocycles. The monoisotopic (exact) mass is 373 g/mol. The maximum Gasteiger partial charge on any atom is 0.337 e. The van der Waals surface area contributed by atoms with Crippen molar-refractivity contribution in [1.29, 1.82) is 0 Å². The van der Waals surface area contributed by atoms with Crippen molar-refractivity contribution < 1.29 is 19.4 Å². The third-order valence-electron chi connectivity index (χ3n) is 5.05. The molecule has 0 saturated carbocycles. The number of hydrogen-bond donors (Lipinski definition) is 1. The smallest absolute Gasteiger partial charge is 0.337 e. The second-order valence-corrected chi connectivity index (χ2v) is 7.08. The average molecular weight is 373 g/mol. The van der Waals surface area contributed by atoms with Crippen LogP contribution in [0, 0.1) is 0 Å². The quantitative estimate of drug-likeness (QED) is 0.387. The first-order chi connectivity index (χ1) is 13.0. The van der Waals surface area contributed by atoms with Gasteiger partial charge in [0.2, 0.25) is 5.91 Å². The summed E-state index contributed by atoms with van der Waals surface area (Å²) in [4.78, 5) is 25.6. The van der Waals surface area contributed by atoms with Crippen molar-refractivity contribution in [3.63, 3.8) is 0 Å². The van der Waals surface area contributed by atoms with Gasteiger partial charge in [0.1, 0.15) is 0 Å². The van der Waals surface area contributed by atoms with Gasteiger partial charge in [0.25, 0.3) is 0 Å². The highest BCUT2D eigenvalue weighted by Gasteiger charge is 2.28. The van der Waals surface area contributed by atoms with Crippen molar-refractivity contribution in [1.82, 2.24) is 4.90 Å². The predicted molar refractivity (Wildman–Crippen MR) is 106 cm³/mol. The van der Waals surface area contributed by atoms with Crippen LogP contribution in [0.3, 0.4) is 0 Å². The van der Waals surface area contributed by atoms with Gasteiger partial charge in [-0.1, -0.05) is 50.5 Å². The lowest BCUT2D eigenvalue weighted by Gasteiger charge is -2.23. The molecule has 1 fully saturated rings. The predicted octanol–water partition coefficient (Wildman–Crippen LogP) is 3.50. The standard InChI is InChI=1S/C22H31NO4/c1-3-4-5-6-20(24)13-11-19-12-14-21(25)23(19)16-15-17-7-9-18(10-8-17)22(26)27-2/h7-11,13,19-20,24H,3-6,12,14-16H2,1-2H3/b13-11+/t19-,20?/m0/s1. The molecule has 1 aliphatic rings. The number of likely N-dealkylation sites (tertiary alicyclic amines) is 1. The van der Waals surface area contributed by atoms with E-state index in [0.717, 1.165) is 44.1 Å². The van der Waals surface area contributed by atoms with E-state index in [1.54, 1.807) is 12.1 Å². The van der Waals surface area contributed by atoms with Crippen molar-refractivity contribution in [3.8, 4) is 0 Å². The Bertz CT molecular complexity index is 638. The van der Waals surface area contributed by atoms with Gasteiger partial charge in [0, 0.05) is 13.0 Å². The number of benzene rings is 1. The number of aliphatic hydroxyl groups excluding tert-OH is 1. The molecule has 0 aromatic heterocycles. The number of unbranched alkanes of at least 4 members (excludes halogenated alkanes) is 2. The molecule has 0 spiro atoms. The van der Waals surface area contributed by atoms with Gasteiger partial charge in [-0.15, -0.1) is 0 Å². The highest BCUT2D eigenvalue weighted by molar-refractivity contribution is 5.89. The number of esters is 1. The van der Waals surface area contributed by atoms with Gasteiger partial charge in [-0.25, -0.2) is 4.79 Å². The van der Waals surface area contributed by atoms with Crippen molar-refractivity contribution >= 4 is 11.9 Å². The van der Waals surface area contributed by atoms with Crippen LogP contribution in [0.25, 0.3) is 0 Å². The molecule has 148 valence electrons. The summed E-state index contributed by atoms with van der Waals surface area (Å²) in [5.74, 6) is -0.185. The first-order valence-electron chi connectivity index (χ1n) is 9.88. The Hall–Kier alpha value is -2.14. The zero-order valence-corrected chi connectivity index (χ0v) is 16.4. The van der Waals surface area contributed by atoms with E-state index in [-0.39, 0.29) is 17.9 Å². The lowest BCUT2D eigenvalue weighted by atomic mass is 10.1. The fraction of sp³-hybridized carbons (Fsp3) is 0.545. The van der Waals surface area contributed by atoms with Crippen LogP contribution in [0.2, 0.25) is 0 Å². The van der Waals surface area contributed by atoms with Crippen LogP contribution >= 0.6 is 0 Å². The first-order valence-corrected chi connectivity index (χ1v) is 9.88. The second kappa shape index (κ2) is 10.9. The normalized spacial score (nSPS) is 18.3. The zero-order chi connectivity index (χ0) is 19.6. The summed E-state index contributed by atoms with van der Waals surface area (Å²) < 4.78 is 4.70. The molecule has 0 radical (unpaired) electrons. The Morgan fingerprint density at radius 1 is 1.33 bits per heavy atom. The van der Waals surface area contributed by atoms with Gasteiger partial charge >= 0.3 is 5.97 Å². The molecule has 5 heteroatoms. The van der Waals surface area contributed by atoms with Crippen LogP contribution in [0.4, 0.5) is 0 Å². The number of aliphatic hydroxyl groups is 1. The Kier molecular flexibility index (Phi) is 8.52. The minimum absolute atomic E-state index is 0.0627. The van der Waals surface area contributed by atoms with Gasteiger partial charge in [-0.2, -0.15) is 0 Å². The molecule has 1 N–H and O–H groups in total. The molecule has 1 aromatic carbocycles.